The monoisotopic (exact) mass is 227 g/mol. The lowest BCUT2D eigenvalue weighted by Gasteiger charge is -2.11. The van der Waals surface area contributed by atoms with E-state index in [9.17, 15) is 0 Å². The maximum atomic E-state index is 5.88. The number of hydrogen-bond acceptors (Lipinski definition) is 3. The summed E-state index contributed by atoms with van der Waals surface area (Å²) in [6.45, 7) is 1.97. The van der Waals surface area contributed by atoms with Crippen molar-refractivity contribution in [2.75, 3.05) is 18.9 Å². The van der Waals surface area contributed by atoms with Crippen molar-refractivity contribution in [3.8, 4) is 0 Å². The third-order valence-corrected chi connectivity index (χ3v) is 2.70. The van der Waals surface area contributed by atoms with Gasteiger partial charge in [-0.3, -0.25) is 0 Å². The van der Waals surface area contributed by atoms with Gasteiger partial charge in [0.1, 0.15) is 0 Å². The van der Waals surface area contributed by atoms with Crippen LogP contribution in [0.25, 0.3) is 0 Å². The molecular weight excluding hydrogens is 214 g/mol. The van der Waals surface area contributed by atoms with Crippen LogP contribution in [-0.2, 0) is 16.1 Å². The minimum Gasteiger partial charge on any atom is -0.398 e. The van der Waals surface area contributed by atoms with Gasteiger partial charge in [0, 0.05) is 22.9 Å². The molecule has 1 aliphatic heterocycles. The topological polar surface area (TPSA) is 44.5 Å². The molecule has 2 rings (SSSR count). The third-order valence-electron chi connectivity index (χ3n) is 2.47. The van der Waals surface area contributed by atoms with E-state index < -0.39 is 0 Å². The molecule has 15 heavy (non-hydrogen) atoms. The predicted octanol–water partition coefficient (Wildman–Crippen LogP) is 2.23. The van der Waals surface area contributed by atoms with E-state index in [1.807, 2.05) is 6.07 Å². The summed E-state index contributed by atoms with van der Waals surface area (Å²) in [7, 11) is 0. The van der Waals surface area contributed by atoms with E-state index in [1.165, 1.54) is 0 Å². The number of hydrogen-bond donors (Lipinski definition) is 1. The van der Waals surface area contributed by atoms with Crippen molar-refractivity contribution in [3.05, 3.63) is 28.8 Å². The fraction of sp³-hybridized carbons (Fsp3) is 0.455. The largest absolute Gasteiger partial charge is 0.398 e. The first-order valence-electron chi connectivity index (χ1n) is 4.99. The fourth-order valence-electron chi connectivity index (χ4n) is 1.55. The highest BCUT2D eigenvalue weighted by Crippen LogP contribution is 2.20. The Balaban J connectivity index is 1.94. The van der Waals surface area contributed by atoms with Gasteiger partial charge in [-0.1, -0.05) is 11.6 Å². The van der Waals surface area contributed by atoms with Crippen LogP contribution in [0.5, 0.6) is 0 Å². The molecule has 1 aromatic rings. The van der Waals surface area contributed by atoms with Crippen LogP contribution in [0.3, 0.4) is 0 Å². The second-order valence-corrected chi connectivity index (χ2v) is 4.08. The molecule has 1 atom stereocenters. The fourth-order valence-corrected chi connectivity index (χ4v) is 1.75. The van der Waals surface area contributed by atoms with Crippen molar-refractivity contribution in [1.29, 1.82) is 0 Å². The Hall–Kier alpha value is -0.770. The summed E-state index contributed by atoms with van der Waals surface area (Å²) in [4.78, 5) is 0. The Bertz CT molecular complexity index is 337. The lowest BCUT2D eigenvalue weighted by atomic mass is 10.2. The van der Waals surface area contributed by atoms with Crippen LogP contribution in [-0.4, -0.2) is 19.3 Å². The molecule has 4 heteroatoms. The molecule has 1 unspecified atom stereocenters. The Kier molecular flexibility index (Phi) is 3.46. The average molecular weight is 228 g/mol. The van der Waals surface area contributed by atoms with Gasteiger partial charge in [-0.25, -0.2) is 0 Å². The molecule has 0 aromatic heterocycles. The number of benzene rings is 1. The van der Waals surface area contributed by atoms with Crippen molar-refractivity contribution in [2.45, 2.75) is 19.1 Å². The van der Waals surface area contributed by atoms with Gasteiger partial charge in [0.2, 0.25) is 0 Å². The van der Waals surface area contributed by atoms with Gasteiger partial charge in [-0.15, -0.1) is 0 Å². The molecule has 0 radical (unpaired) electrons. The molecule has 1 aromatic carbocycles. The summed E-state index contributed by atoms with van der Waals surface area (Å²) in [5.41, 5.74) is 7.46. The van der Waals surface area contributed by atoms with Gasteiger partial charge in [0.05, 0.1) is 19.3 Å². The summed E-state index contributed by atoms with van der Waals surface area (Å²) < 4.78 is 10.9. The first-order chi connectivity index (χ1) is 7.25. The van der Waals surface area contributed by atoms with E-state index >= 15 is 0 Å². The average Bonchev–Trinajstić information content (AvgIpc) is 2.72. The van der Waals surface area contributed by atoms with Crippen molar-refractivity contribution in [1.82, 2.24) is 0 Å². The molecule has 0 aliphatic carbocycles. The number of rotatable bonds is 3. The Morgan fingerprint density at radius 3 is 3.13 bits per heavy atom. The highest BCUT2D eigenvalue weighted by molar-refractivity contribution is 6.30. The second-order valence-electron chi connectivity index (χ2n) is 3.64. The van der Waals surface area contributed by atoms with Gasteiger partial charge < -0.3 is 15.2 Å². The number of nitrogens with two attached hydrogens (primary N) is 1. The van der Waals surface area contributed by atoms with E-state index in [-0.39, 0.29) is 6.10 Å². The molecule has 2 N–H and O–H groups in total. The molecule has 3 nitrogen and oxygen atoms in total. The molecule has 0 spiro atoms. The van der Waals surface area contributed by atoms with Crippen LogP contribution in [0.15, 0.2) is 18.2 Å². The number of halogens is 1. The summed E-state index contributed by atoms with van der Waals surface area (Å²) in [6.07, 6.45) is 1.16. The summed E-state index contributed by atoms with van der Waals surface area (Å²) in [5, 5.41) is 0.686. The molecule has 0 saturated carbocycles. The van der Waals surface area contributed by atoms with Crippen molar-refractivity contribution in [2.24, 2.45) is 0 Å². The third kappa shape index (κ3) is 2.84. The van der Waals surface area contributed by atoms with E-state index in [4.69, 9.17) is 26.8 Å². The van der Waals surface area contributed by atoms with Gasteiger partial charge in [0.25, 0.3) is 0 Å². The van der Waals surface area contributed by atoms with Crippen LogP contribution >= 0.6 is 11.6 Å². The smallest absolute Gasteiger partial charge is 0.0835 e. The molecule has 0 bridgehead atoms. The van der Waals surface area contributed by atoms with Crippen molar-refractivity contribution in [3.63, 3.8) is 0 Å². The standard InChI is InChI=1S/C11H14ClNO2/c12-9-1-2-11(13)8(5-9)6-15-10-3-4-14-7-10/h1-2,5,10H,3-4,6-7,13H2. The van der Waals surface area contributed by atoms with Gasteiger partial charge in [-0.2, -0.15) is 0 Å². The number of ether oxygens (including phenoxy) is 2. The first-order valence-corrected chi connectivity index (χ1v) is 5.37. The predicted molar refractivity (Wildman–Crippen MR) is 59.9 cm³/mol. The Labute approximate surface area is 94.1 Å². The molecule has 0 amide bonds. The Morgan fingerprint density at radius 1 is 1.53 bits per heavy atom. The lowest BCUT2D eigenvalue weighted by molar-refractivity contribution is 0.0320. The number of anilines is 1. The summed E-state index contributed by atoms with van der Waals surface area (Å²) >= 11 is 5.88. The normalized spacial score (nSPS) is 20.7. The van der Waals surface area contributed by atoms with E-state index in [0.29, 0.717) is 18.2 Å². The van der Waals surface area contributed by atoms with Crippen LogP contribution in [0.2, 0.25) is 5.02 Å². The van der Waals surface area contributed by atoms with Gasteiger partial charge in [-0.05, 0) is 24.6 Å². The maximum Gasteiger partial charge on any atom is 0.0835 e. The van der Waals surface area contributed by atoms with Gasteiger partial charge >= 0.3 is 0 Å². The summed E-state index contributed by atoms with van der Waals surface area (Å²) in [5.74, 6) is 0. The first kappa shape index (κ1) is 10.7. The Morgan fingerprint density at radius 2 is 2.40 bits per heavy atom. The van der Waals surface area contributed by atoms with Crippen LogP contribution in [0, 0.1) is 0 Å². The molecule has 1 heterocycles. The second kappa shape index (κ2) is 4.84. The molecular formula is C11H14ClNO2. The minimum absolute atomic E-state index is 0.198. The van der Waals surface area contributed by atoms with Crippen molar-refractivity contribution >= 4 is 17.3 Å². The van der Waals surface area contributed by atoms with Gasteiger partial charge in [0.15, 0.2) is 0 Å². The highest BCUT2D eigenvalue weighted by Gasteiger charge is 2.16. The quantitative estimate of drug-likeness (QED) is 0.806. The zero-order chi connectivity index (χ0) is 10.7. The molecule has 1 fully saturated rings. The molecule has 1 saturated heterocycles. The highest BCUT2D eigenvalue weighted by atomic mass is 35.5. The van der Waals surface area contributed by atoms with E-state index in [0.717, 1.165) is 24.3 Å². The zero-order valence-electron chi connectivity index (χ0n) is 8.41. The molecule has 1 aliphatic rings. The van der Waals surface area contributed by atoms with E-state index in [2.05, 4.69) is 0 Å². The summed E-state index contributed by atoms with van der Waals surface area (Å²) in [6, 6.07) is 5.41. The SMILES string of the molecule is Nc1ccc(Cl)cc1COC1CCOC1. The van der Waals surface area contributed by atoms with Crippen LogP contribution in [0.4, 0.5) is 5.69 Å². The van der Waals surface area contributed by atoms with Crippen LogP contribution < -0.4 is 5.73 Å². The minimum atomic E-state index is 0.198. The van der Waals surface area contributed by atoms with Crippen LogP contribution in [0.1, 0.15) is 12.0 Å². The zero-order valence-corrected chi connectivity index (χ0v) is 9.17. The maximum absolute atomic E-state index is 5.88. The molecule has 82 valence electrons. The van der Waals surface area contributed by atoms with Crippen molar-refractivity contribution < 1.29 is 9.47 Å². The number of nitrogen functional groups attached to an aromatic ring is 1. The lowest BCUT2D eigenvalue weighted by Crippen LogP contribution is -2.12. The van der Waals surface area contributed by atoms with E-state index in [1.54, 1.807) is 12.1 Å².